The van der Waals surface area contributed by atoms with Gasteiger partial charge in [0.2, 0.25) is 0 Å². The van der Waals surface area contributed by atoms with Crippen molar-refractivity contribution in [2.24, 2.45) is 5.73 Å². The van der Waals surface area contributed by atoms with Crippen molar-refractivity contribution in [2.75, 3.05) is 6.54 Å². The molecule has 2 aromatic carbocycles. The molecule has 2 heteroatoms. The summed E-state index contributed by atoms with van der Waals surface area (Å²) in [5.74, 6) is 0. The van der Waals surface area contributed by atoms with Crippen LogP contribution in [0.4, 0.5) is 0 Å². The number of benzene rings is 2. The fourth-order valence-electron chi connectivity index (χ4n) is 1.81. The Bertz CT molecular complexity index is 546. The minimum Gasteiger partial charge on any atom is -0.330 e. The fourth-order valence-corrected chi connectivity index (χ4v) is 2.00. The molecule has 0 saturated carbocycles. The summed E-state index contributed by atoms with van der Waals surface area (Å²) in [6, 6.07) is 16.3. The van der Waals surface area contributed by atoms with E-state index >= 15 is 0 Å². The summed E-state index contributed by atoms with van der Waals surface area (Å²) in [6.07, 6.45) is 5.10. The molecule has 92 valence electrons. The molecule has 0 spiro atoms. The summed E-state index contributed by atoms with van der Waals surface area (Å²) in [6.45, 7) is 0.685. The van der Waals surface area contributed by atoms with Gasteiger partial charge in [0.25, 0.3) is 0 Å². The van der Waals surface area contributed by atoms with E-state index < -0.39 is 0 Å². The zero-order valence-electron chi connectivity index (χ0n) is 10.1. The van der Waals surface area contributed by atoms with Crippen LogP contribution < -0.4 is 5.73 Å². The lowest BCUT2D eigenvalue weighted by molar-refractivity contribution is 1.01. The fraction of sp³-hybridized carbons (Fsp3) is 0.125. The lowest BCUT2D eigenvalue weighted by Gasteiger charge is -2.03. The van der Waals surface area contributed by atoms with E-state index in [2.05, 4.69) is 42.5 Å². The lowest BCUT2D eigenvalue weighted by Crippen LogP contribution is -1.94. The van der Waals surface area contributed by atoms with Gasteiger partial charge in [0.15, 0.2) is 0 Å². The Balaban J connectivity index is 2.27. The Hall–Kier alpha value is -1.57. The van der Waals surface area contributed by atoms with Crippen molar-refractivity contribution < 1.29 is 0 Å². The van der Waals surface area contributed by atoms with Gasteiger partial charge < -0.3 is 5.73 Å². The maximum Gasteiger partial charge on any atom is 0.0412 e. The van der Waals surface area contributed by atoms with Gasteiger partial charge in [-0.25, -0.2) is 0 Å². The molecule has 0 saturated heterocycles. The summed E-state index contributed by atoms with van der Waals surface area (Å²) in [5.41, 5.74) is 8.96. The Labute approximate surface area is 113 Å². The first-order valence-corrected chi connectivity index (χ1v) is 6.40. The molecule has 0 aliphatic rings. The SMILES string of the molecule is NCC/C=C/c1cccc(-c2cccc(Cl)c2)c1. The number of rotatable bonds is 4. The molecule has 0 amide bonds. The molecule has 0 fully saturated rings. The Morgan fingerprint density at radius 2 is 1.72 bits per heavy atom. The summed E-state index contributed by atoms with van der Waals surface area (Å²) in [7, 11) is 0. The average molecular weight is 258 g/mol. The molecular formula is C16H16ClN. The second kappa shape index (κ2) is 6.39. The zero-order valence-corrected chi connectivity index (χ0v) is 10.9. The Kier molecular flexibility index (Phi) is 4.57. The molecule has 0 aliphatic carbocycles. The van der Waals surface area contributed by atoms with E-state index in [0.29, 0.717) is 6.54 Å². The van der Waals surface area contributed by atoms with Gasteiger partial charge in [0, 0.05) is 5.02 Å². The van der Waals surface area contributed by atoms with E-state index in [-0.39, 0.29) is 0 Å². The highest BCUT2D eigenvalue weighted by Gasteiger charge is 1.98. The maximum absolute atomic E-state index is 6.01. The first kappa shape index (κ1) is 12.9. The molecule has 2 aromatic rings. The van der Waals surface area contributed by atoms with Crippen molar-refractivity contribution in [1.29, 1.82) is 0 Å². The lowest BCUT2D eigenvalue weighted by atomic mass is 10.0. The number of nitrogens with two attached hydrogens (primary N) is 1. The molecule has 2 N–H and O–H groups in total. The molecule has 0 radical (unpaired) electrons. The molecule has 0 bridgehead atoms. The molecule has 2 rings (SSSR count). The third-order valence-electron chi connectivity index (χ3n) is 2.69. The van der Waals surface area contributed by atoms with Crippen molar-refractivity contribution in [2.45, 2.75) is 6.42 Å². The van der Waals surface area contributed by atoms with Crippen LogP contribution in [0.25, 0.3) is 17.2 Å². The molecule has 0 aromatic heterocycles. The maximum atomic E-state index is 6.01. The third-order valence-corrected chi connectivity index (χ3v) is 2.92. The normalized spacial score (nSPS) is 11.0. The zero-order chi connectivity index (χ0) is 12.8. The average Bonchev–Trinajstić information content (AvgIpc) is 2.39. The molecule has 0 aliphatic heterocycles. The van der Waals surface area contributed by atoms with Gasteiger partial charge in [0.05, 0.1) is 0 Å². The first-order chi connectivity index (χ1) is 8.79. The molecule has 1 nitrogen and oxygen atoms in total. The van der Waals surface area contributed by atoms with Crippen LogP contribution in [0.5, 0.6) is 0 Å². The highest BCUT2D eigenvalue weighted by molar-refractivity contribution is 6.30. The predicted octanol–water partition coefficient (Wildman–Crippen LogP) is 4.37. The van der Waals surface area contributed by atoms with Gasteiger partial charge in [-0.1, -0.05) is 54.1 Å². The van der Waals surface area contributed by atoms with E-state index in [9.17, 15) is 0 Å². The van der Waals surface area contributed by atoms with Crippen LogP contribution in [0.2, 0.25) is 5.02 Å². The monoisotopic (exact) mass is 257 g/mol. The molecule has 0 heterocycles. The van der Waals surface area contributed by atoms with Crippen molar-refractivity contribution in [1.82, 2.24) is 0 Å². The van der Waals surface area contributed by atoms with Crippen molar-refractivity contribution in [3.63, 3.8) is 0 Å². The van der Waals surface area contributed by atoms with Gasteiger partial charge in [-0.2, -0.15) is 0 Å². The minimum atomic E-state index is 0.685. The second-order valence-electron chi connectivity index (χ2n) is 4.12. The van der Waals surface area contributed by atoms with Crippen LogP contribution in [0, 0.1) is 0 Å². The summed E-state index contributed by atoms with van der Waals surface area (Å²) in [5, 5.41) is 0.761. The molecule has 18 heavy (non-hydrogen) atoms. The molecular weight excluding hydrogens is 242 g/mol. The number of hydrogen-bond donors (Lipinski definition) is 1. The van der Waals surface area contributed by atoms with Crippen LogP contribution in [0.15, 0.2) is 54.6 Å². The van der Waals surface area contributed by atoms with Gasteiger partial charge in [-0.3, -0.25) is 0 Å². The standard InChI is InChI=1S/C16H16ClN/c17-16-9-4-8-15(12-16)14-7-3-6-13(11-14)5-1-2-10-18/h1,3-9,11-12H,2,10,18H2/b5-1+. The largest absolute Gasteiger partial charge is 0.330 e. The number of halogens is 1. The van der Waals surface area contributed by atoms with E-state index in [1.807, 2.05) is 18.2 Å². The van der Waals surface area contributed by atoms with Crippen molar-refractivity contribution >= 4 is 17.7 Å². The summed E-state index contributed by atoms with van der Waals surface area (Å²) >= 11 is 6.01. The van der Waals surface area contributed by atoms with E-state index in [4.69, 9.17) is 17.3 Å². The second-order valence-corrected chi connectivity index (χ2v) is 4.55. The van der Waals surface area contributed by atoms with Gasteiger partial charge >= 0.3 is 0 Å². The summed E-state index contributed by atoms with van der Waals surface area (Å²) in [4.78, 5) is 0. The Morgan fingerprint density at radius 3 is 2.44 bits per heavy atom. The van der Waals surface area contributed by atoms with Crippen LogP contribution >= 0.6 is 11.6 Å². The smallest absolute Gasteiger partial charge is 0.0412 e. The summed E-state index contributed by atoms with van der Waals surface area (Å²) < 4.78 is 0. The Morgan fingerprint density at radius 1 is 1.00 bits per heavy atom. The predicted molar refractivity (Wildman–Crippen MR) is 79.6 cm³/mol. The number of hydrogen-bond acceptors (Lipinski definition) is 1. The molecule has 0 atom stereocenters. The first-order valence-electron chi connectivity index (χ1n) is 6.02. The van der Waals surface area contributed by atoms with Crippen LogP contribution in [0.3, 0.4) is 0 Å². The van der Waals surface area contributed by atoms with E-state index in [1.165, 1.54) is 11.1 Å². The van der Waals surface area contributed by atoms with Crippen LogP contribution in [-0.4, -0.2) is 6.54 Å². The third kappa shape index (κ3) is 3.46. The van der Waals surface area contributed by atoms with Crippen LogP contribution in [0.1, 0.15) is 12.0 Å². The van der Waals surface area contributed by atoms with E-state index in [1.54, 1.807) is 0 Å². The van der Waals surface area contributed by atoms with Crippen LogP contribution in [-0.2, 0) is 0 Å². The minimum absolute atomic E-state index is 0.685. The highest BCUT2D eigenvalue weighted by Crippen LogP contribution is 2.23. The van der Waals surface area contributed by atoms with Gasteiger partial charge in [0.1, 0.15) is 0 Å². The van der Waals surface area contributed by atoms with Gasteiger partial charge in [-0.15, -0.1) is 0 Å². The van der Waals surface area contributed by atoms with Gasteiger partial charge in [-0.05, 0) is 47.9 Å². The quantitative estimate of drug-likeness (QED) is 0.865. The van der Waals surface area contributed by atoms with E-state index in [0.717, 1.165) is 17.0 Å². The topological polar surface area (TPSA) is 26.0 Å². The molecule has 0 unspecified atom stereocenters. The van der Waals surface area contributed by atoms with Crippen molar-refractivity contribution in [3.05, 3.63) is 65.2 Å². The highest BCUT2D eigenvalue weighted by atomic mass is 35.5. The van der Waals surface area contributed by atoms with Crippen molar-refractivity contribution in [3.8, 4) is 11.1 Å².